The second-order valence-corrected chi connectivity index (χ2v) is 10.6. The van der Waals surface area contributed by atoms with Crippen molar-refractivity contribution in [3.8, 4) is 0 Å². The Labute approximate surface area is 266 Å². The summed E-state index contributed by atoms with van der Waals surface area (Å²) in [7, 11) is 0. The van der Waals surface area contributed by atoms with Crippen molar-refractivity contribution in [1.82, 2.24) is 19.9 Å². The van der Waals surface area contributed by atoms with E-state index in [0.29, 0.717) is 40.6 Å². The van der Waals surface area contributed by atoms with Gasteiger partial charge >= 0.3 is 35.8 Å². The van der Waals surface area contributed by atoms with Crippen molar-refractivity contribution in [2.24, 2.45) is 0 Å². The summed E-state index contributed by atoms with van der Waals surface area (Å²) >= 11 is 0. The van der Waals surface area contributed by atoms with Gasteiger partial charge in [0.05, 0.1) is 0 Å². The average Bonchev–Trinajstić information content (AvgIpc) is 3.59. The van der Waals surface area contributed by atoms with E-state index in [1.165, 1.54) is 0 Å². The van der Waals surface area contributed by atoms with Crippen LogP contribution >= 0.6 is 0 Å². The fraction of sp³-hybridized carbons (Fsp3) is 0.235. The summed E-state index contributed by atoms with van der Waals surface area (Å²) in [5, 5.41) is 21.7. The van der Waals surface area contributed by atoms with Gasteiger partial charge in [0.15, 0.2) is 0 Å². The molecular formula is C34H32N4O4Sn. The molecule has 0 radical (unpaired) electrons. The minimum Gasteiger partial charge on any atom is -0.657 e. The van der Waals surface area contributed by atoms with Crippen LogP contribution < -0.4 is 41.3 Å². The van der Waals surface area contributed by atoms with Crippen LogP contribution in [0.15, 0.2) is 13.2 Å². The van der Waals surface area contributed by atoms with E-state index in [1.54, 1.807) is 12.2 Å². The first kappa shape index (κ1) is 31.7. The van der Waals surface area contributed by atoms with Gasteiger partial charge in [-0.05, 0) is 51.7 Å². The van der Waals surface area contributed by atoms with E-state index in [9.17, 15) is 19.8 Å². The first-order chi connectivity index (χ1) is 20.0. The molecular weight excluding hydrogens is 647 g/mol. The zero-order chi connectivity index (χ0) is 30.3. The van der Waals surface area contributed by atoms with Gasteiger partial charge in [-0.3, -0.25) is 9.59 Å². The molecule has 4 aromatic rings. The summed E-state index contributed by atoms with van der Waals surface area (Å²) in [6.45, 7) is 15.9. The van der Waals surface area contributed by atoms with Crippen LogP contribution in [0.3, 0.4) is 0 Å². The number of fused-ring (bicyclic) bond motifs is 8. The molecule has 0 spiro atoms. The molecule has 8 nitrogen and oxygen atoms in total. The van der Waals surface area contributed by atoms with E-state index in [1.807, 2.05) is 52.0 Å². The minimum absolute atomic E-state index is 0. The molecule has 0 unspecified atom stereocenters. The minimum atomic E-state index is -0.898. The molecule has 0 amide bonds. The van der Waals surface area contributed by atoms with Gasteiger partial charge in [-0.2, -0.15) is 0 Å². The maximum atomic E-state index is 11.5. The predicted octanol–water partition coefficient (Wildman–Crippen LogP) is 1.32. The van der Waals surface area contributed by atoms with Crippen molar-refractivity contribution >= 4 is 72.3 Å². The van der Waals surface area contributed by atoms with Gasteiger partial charge in [0.1, 0.15) is 0 Å². The average molecular weight is 679 g/mol. The van der Waals surface area contributed by atoms with Gasteiger partial charge in [-0.25, -0.2) is 0 Å². The summed E-state index contributed by atoms with van der Waals surface area (Å²) in [6, 6.07) is 0. The molecule has 8 bridgehead atoms. The summed E-state index contributed by atoms with van der Waals surface area (Å²) in [4.78, 5) is 42.7. The van der Waals surface area contributed by atoms with Crippen molar-refractivity contribution in [3.63, 3.8) is 0 Å². The second kappa shape index (κ2) is 12.6. The Morgan fingerprint density at radius 3 is 1.72 bits per heavy atom. The quantitative estimate of drug-likeness (QED) is 0.235. The number of aromatic nitrogens is 4. The molecule has 5 heterocycles. The SMILES string of the molecule is C=Cc1c2[n-]c(c1C)/C=c1\[n-]/c(c(C)c1C=C)=C\c1[n-]c(c(CCC(=O)O)c1C)C=c1[n-]c(c(C)c1CCC(=O)O)=C2.[Sn+4]. The van der Waals surface area contributed by atoms with Crippen molar-refractivity contribution in [2.75, 3.05) is 0 Å². The van der Waals surface area contributed by atoms with Crippen LogP contribution in [0.1, 0.15) is 80.1 Å². The first-order valence-corrected chi connectivity index (χ1v) is 13.8. The fourth-order valence-electron chi connectivity index (χ4n) is 5.61. The van der Waals surface area contributed by atoms with Crippen molar-refractivity contribution in [2.45, 2.75) is 53.4 Å². The number of hydrogen-bond acceptors (Lipinski definition) is 2. The number of aliphatic carboxylic acids is 2. The number of rotatable bonds is 8. The van der Waals surface area contributed by atoms with Crippen LogP contribution in [0.5, 0.6) is 0 Å². The van der Waals surface area contributed by atoms with Crippen LogP contribution in [0.25, 0.3) is 36.5 Å². The molecule has 43 heavy (non-hydrogen) atoms. The molecule has 0 atom stereocenters. The van der Waals surface area contributed by atoms with Crippen LogP contribution in [-0.2, 0) is 22.4 Å². The van der Waals surface area contributed by atoms with E-state index in [4.69, 9.17) is 19.9 Å². The van der Waals surface area contributed by atoms with Crippen LogP contribution in [0.2, 0.25) is 0 Å². The van der Waals surface area contributed by atoms with Gasteiger partial charge in [-0.1, -0.05) is 83.0 Å². The maximum Gasteiger partial charge on any atom is 4.00 e. The maximum absolute atomic E-state index is 11.5. The molecule has 1 aliphatic heterocycles. The van der Waals surface area contributed by atoms with Crippen LogP contribution in [-0.4, -0.2) is 46.1 Å². The fourth-order valence-corrected chi connectivity index (χ4v) is 5.61. The monoisotopic (exact) mass is 680 g/mol. The Hall–Kier alpha value is -4.18. The molecule has 5 rings (SSSR count). The van der Waals surface area contributed by atoms with Gasteiger partial charge in [0, 0.05) is 12.8 Å². The Morgan fingerprint density at radius 2 is 1.09 bits per heavy atom. The van der Waals surface area contributed by atoms with Crippen LogP contribution in [0.4, 0.5) is 0 Å². The van der Waals surface area contributed by atoms with E-state index in [2.05, 4.69) is 13.2 Å². The van der Waals surface area contributed by atoms with Gasteiger partial charge in [0.25, 0.3) is 0 Å². The normalized spacial score (nSPS) is 13.4. The second-order valence-electron chi connectivity index (χ2n) is 10.6. The third kappa shape index (κ3) is 6.01. The van der Waals surface area contributed by atoms with E-state index >= 15 is 0 Å². The topological polar surface area (TPSA) is 131 Å². The molecule has 0 saturated carbocycles. The van der Waals surface area contributed by atoms with Crippen molar-refractivity contribution in [3.05, 3.63) is 102 Å². The van der Waals surface area contributed by atoms with Crippen molar-refractivity contribution in [1.29, 1.82) is 0 Å². The number of carbonyl (C=O) groups is 2. The molecule has 4 aromatic heterocycles. The molecule has 9 heteroatoms. The molecule has 1 aliphatic rings. The third-order valence-electron chi connectivity index (χ3n) is 8.06. The zero-order valence-corrected chi connectivity index (χ0v) is 27.6. The van der Waals surface area contributed by atoms with Gasteiger partial charge in [0.2, 0.25) is 0 Å². The summed E-state index contributed by atoms with van der Waals surface area (Å²) in [6.07, 6.45) is 11.7. The van der Waals surface area contributed by atoms with Gasteiger partial charge < -0.3 is 30.1 Å². The number of carboxylic acids is 2. The third-order valence-corrected chi connectivity index (χ3v) is 8.06. The van der Waals surface area contributed by atoms with Crippen molar-refractivity contribution < 1.29 is 19.8 Å². The summed E-state index contributed by atoms with van der Waals surface area (Å²) < 4.78 is 0. The summed E-state index contributed by atoms with van der Waals surface area (Å²) in [5.41, 5.74) is 9.84. The van der Waals surface area contributed by atoms with E-state index < -0.39 is 11.9 Å². The molecule has 0 aliphatic carbocycles. The van der Waals surface area contributed by atoms with E-state index in [-0.39, 0.29) is 36.7 Å². The standard InChI is InChI=1S/C34H32N4O4.Sn/c1-7-21-17(3)25-13-26-19(5)23(9-11-33(39)40)31(37-26)16-32-24(10-12-34(41)42)20(6)28(38-32)15-30-22(8-2)18(4)27(36-30)14-29(21)35-25;/h7-8,13-16H,1-2,9-12H2,3-6H3,(H,39,40)(H,41,42);/q-4;+4/b25-13-,26-13?,27-14?,28-15?,29-14-,30-15?,31-16?,32-16?;. The van der Waals surface area contributed by atoms with Crippen LogP contribution in [0, 0.1) is 27.7 Å². The molecule has 216 valence electrons. The molecule has 0 aromatic carbocycles. The smallest absolute Gasteiger partial charge is 0.657 e. The summed E-state index contributed by atoms with van der Waals surface area (Å²) in [5.74, 6) is -1.80. The first-order valence-electron chi connectivity index (χ1n) is 13.8. The predicted molar refractivity (Wildman–Crippen MR) is 169 cm³/mol. The number of nitrogens with zero attached hydrogens (tertiary/aromatic N) is 4. The van der Waals surface area contributed by atoms with Gasteiger partial charge in [-0.15, -0.1) is 44.2 Å². The Balaban J connectivity index is 0.00000423. The largest absolute Gasteiger partial charge is 4.00 e. The molecule has 0 saturated heterocycles. The Kier molecular flexibility index (Phi) is 9.29. The van der Waals surface area contributed by atoms with E-state index in [0.717, 1.165) is 60.9 Å². The molecule has 2 N–H and O–H groups in total. The number of hydrogen-bond donors (Lipinski definition) is 2. The zero-order valence-electron chi connectivity index (χ0n) is 24.7. The number of carboxylic acid groups (broad SMARTS) is 2. The molecule has 0 fully saturated rings. The Morgan fingerprint density at radius 1 is 0.605 bits per heavy atom. The Bertz CT molecular complexity index is 2030.